The van der Waals surface area contributed by atoms with Gasteiger partial charge in [0.2, 0.25) is 5.91 Å². The molecule has 2 N–H and O–H groups in total. The van der Waals surface area contributed by atoms with Crippen molar-refractivity contribution in [1.82, 2.24) is 4.90 Å². The molecule has 6 nitrogen and oxygen atoms in total. The number of amides is 1. The fraction of sp³-hybridized carbons (Fsp3) is 0.533. The highest BCUT2D eigenvalue weighted by molar-refractivity contribution is 8.00. The number of carbonyl (C=O) groups excluding carboxylic acids is 1. The Balaban J connectivity index is 2.40. The first-order valence-corrected chi connectivity index (χ1v) is 8.16. The average molecular weight is 325 g/mol. The maximum atomic E-state index is 12.0. The van der Waals surface area contributed by atoms with E-state index >= 15 is 0 Å². The van der Waals surface area contributed by atoms with Crippen molar-refractivity contribution in [2.45, 2.75) is 31.2 Å². The molecule has 0 heterocycles. The summed E-state index contributed by atoms with van der Waals surface area (Å²) in [6, 6.07) is 6.30. The summed E-state index contributed by atoms with van der Waals surface area (Å²) in [5, 5.41) is 10.6. The Hall–Kier alpha value is -1.60. The zero-order chi connectivity index (χ0) is 16.7. The van der Waals surface area contributed by atoms with Crippen molar-refractivity contribution in [3.05, 3.63) is 34.4 Å². The minimum absolute atomic E-state index is 0.0271. The second kappa shape index (κ2) is 8.75. The van der Waals surface area contributed by atoms with Gasteiger partial charge in [-0.05, 0) is 24.5 Å². The van der Waals surface area contributed by atoms with Gasteiger partial charge < -0.3 is 10.6 Å². The zero-order valence-corrected chi connectivity index (χ0v) is 14.0. The molecule has 122 valence electrons. The van der Waals surface area contributed by atoms with E-state index in [-0.39, 0.29) is 17.6 Å². The van der Waals surface area contributed by atoms with Crippen LogP contribution in [0, 0.1) is 16.0 Å². The Morgan fingerprint density at radius 2 is 1.95 bits per heavy atom. The minimum Gasteiger partial charge on any atom is -0.345 e. The van der Waals surface area contributed by atoms with Gasteiger partial charge in [-0.2, -0.15) is 0 Å². The zero-order valence-electron chi connectivity index (χ0n) is 13.2. The Morgan fingerprint density at radius 3 is 2.45 bits per heavy atom. The van der Waals surface area contributed by atoms with Crippen LogP contribution >= 0.6 is 11.8 Å². The van der Waals surface area contributed by atoms with Crippen LogP contribution in [0.1, 0.15) is 20.3 Å². The van der Waals surface area contributed by atoms with Gasteiger partial charge in [-0.1, -0.05) is 13.8 Å². The van der Waals surface area contributed by atoms with Gasteiger partial charge in [-0.15, -0.1) is 11.8 Å². The van der Waals surface area contributed by atoms with Gasteiger partial charge in [0.05, 0.1) is 10.7 Å². The molecule has 1 unspecified atom stereocenters. The SMILES string of the molecule is CC(C)C(N)CCN(C)C(=O)CSc1ccc([N+](=O)[O-])cc1. The fourth-order valence-electron chi connectivity index (χ4n) is 1.72. The first-order valence-electron chi connectivity index (χ1n) is 7.18. The number of rotatable bonds is 8. The largest absolute Gasteiger partial charge is 0.345 e. The van der Waals surface area contributed by atoms with Crippen molar-refractivity contribution in [2.75, 3.05) is 19.3 Å². The predicted molar refractivity (Wildman–Crippen MR) is 88.9 cm³/mol. The summed E-state index contributed by atoms with van der Waals surface area (Å²) in [6.45, 7) is 4.77. The molecule has 1 amide bonds. The van der Waals surface area contributed by atoms with Crippen molar-refractivity contribution in [3.63, 3.8) is 0 Å². The molecule has 22 heavy (non-hydrogen) atoms. The molecular formula is C15H23N3O3S. The van der Waals surface area contributed by atoms with Crippen molar-refractivity contribution >= 4 is 23.4 Å². The molecule has 0 saturated carbocycles. The third-order valence-corrected chi connectivity index (χ3v) is 4.49. The van der Waals surface area contributed by atoms with Crippen LogP contribution in [0.4, 0.5) is 5.69 Å². The van der Waals surface area contributed by atoms with Gasteiger partial charge in [0, 0.05) is 36.7 Å². The maximum Gasteiger partial charge on any atom is 0.269 e. The lowest BCUT2D eigenvalue weighted by Gasteiger charge is -2.21. The quantitative estimate of drug-likeness (QED) is 0.450. The highest BCUT2D eigenvalue weighted by Gasteiger charge is 2.13. The molecule has 0 spiro atoms. The van der Waals surface area contributed by atoms with Crippen LogP contribution in [0.15, 0.2) is 29.2 Å². The standard InChI is InChI=1S/C15H23N3O3S/c1-11(2)14(16)8-9-17(3)15(19)10-22-13-6-4-12(5-7-13)18(20)21/h4-7,11,14H,8-10,16H2,1-3H3. The van der Waals surface area contributed by atoms with Crippen molar-refractivity contribution < 1.29 is 9.72 Å². The highest BCUT2D eigenvalue weighted by atomic mass is 32.2. The van der Waals surface area contributed by atoms with E-state index in [4.69, 9.17) is 5.73 Å². The number of nitrogens with two attached hydrogens (primary N) is 1. The number of carbonyl (C=O) groups is 1. The third kappa shape index (κ3) is 6.03. The summed E-state index contributed by atoms with van der Waals surface area (Å²) < 4.78 is 0. The topological polar surface area (TPSA) is 89.5 Å². The monoisotopic (exact) mass is 325 g/mol. The van der Waals surface area contributed by atoms with Gasteiger partial charge in [0.15, 0.2) is 0 Å². The molecule has 1 aromatic rings. The molecule has 1 atom stereocenters. The highest BCUT2D eigenvalue weighted by Crippen LogP contribution is 2.21. The lowest BCUT2D eigenvalue weighted by Crippen LogP contribution is -2.35. The summed E-state index contributed by atoms with van der Waals surface area (Å²) >= 11 is 1.37. The van der Waals surface area contributed by atoms with Crippen LogP contribution < -0.4 is 5.73 Å². The molecule has 0 aliphatic heterocycles. The van der Waals surface area contributed by atoms with Crippen LogP contribution in [0.5, 0.6) is 0 Å². The normalized spacial score (nSPS) is 12.2. The number of benzene rings is 1. The average Bonchev–Trinajstić information content (AvgIpc) is 2.49. The number of thioether (sulfide) groups is 1. The maximum absolute atomic E-state index is 12.0. The van der Waals surface area contributed by atoms with E-state index in [1.807, 2.05) is 0 Å². The van der Waals surface area contributed by atoms with Crippen molar-refractivity contribution in [2.24, 2.45) is 11.7 Å². The summed E-state index contributed by atoms with van der Waals surface area (Å²) in [5.41, 5.74) is 6.02. The molecule has 0 fully saturated rings. The van der Waals surface area contributed by atoms with E-state index < -0.39 is 4.92 Å². The number of hydrogen-bond acceptors (Lipinski definition) is 5. The van der Waals surface area contributed by atoms with Gasteiger partial charge >= 0.3 is 0 Å². The third-order valence-electron chi connectivity index (χ3n) is 3.49. The first-order chi connectivity index (χ1) is 10.3. The molecule has 7 heteroatoms. The fourth-order valence-corrected chi connectivity index (χ4v) is 2.56. The van der Waals surface area contributed by atoms with E-state index in [1.54, 1.807) is 24.1 Å². The lowest BCUT2D eigenvalue weighted by atomic mass is 10.0. The van der Waals surface area contributed by atoms with Crippen LogP contribution in [0.25, 0.3) is 0 Å². The van der Waals surface area contributed by atoms with Crippen molar-refractivity contribution in [3.8, 4) is 0 Å². The van der Waals surface area contributed by atoms with Gasteiger partial charge in [-0.3, -0.25) is 14.9 Å². The molecular weight excluding hydrogens is 302 g/mol. The summed E-state index contributed by atoms with van der Waals surface area (Å²) in [5.74, 6) is 0.739. The molecule has 0 aromatic heterocycles. The molecule has 0 aliphatic carbocycles. The summed E-state index contributed by atoms with van der Waals surface area (Å²) in [6.07, 6.45) is 0.780. The molecule has 0 radical (unpaired) electrons. The van der Waals surface area contributed by atoms with Gasteiger partial charge in [0.1, 0.15) is 0 Å². The van der Waals surface area contributed by atoms with Crippen LogP contribution in [0.3, 0.4) is 0 Å². The van der Waals surface area contributed by atoms with Crippen molar-refractivity contribution in [1.29, 1.82) is 0 Å². The number of hydrogen-bond donors (Lipinski definition) is 1. The summed E-state index contributed by atoms with van der Waals surface area (Å²) in [7, 11) is 1.77. The smallest absolute Gasteiger partial charge is 0.269 e. The molecule has 1 rings (SSSR count). The van der Waals surface area contributed by atoms with Gasteiger partial charge in [0.25, 0.3) is 5.69 Å². The van der Waals surface area contributed by atoms with Gasteiger partial charge in [-0.25, -0.2) is 0 Å². The summed E-state index contributed by atoms with van der Waals surface area (Å²) in [4.78, 5) is 24.7. The second-order valence-corrected chi connectivity index (χ2v) is 6.60. The minimum atomic E-state index is -0.439. The van der Waals surface area contributed by atoms with E-state index in [1.165, 1.54) is 23.9 Å². The Morgan fingerprint density at radius 1 is 1.36 bits per heavy atom. The molecule has 0 aliphatic rings. The van der Waals surface area contributed by atoms with E-state index in [0.29, 0.717) is 18.2 Å². The Bertz CT molecular complexity index is 505. The molecule has 0 bridgehead atoms. The van der Waals surface area contributed by atoms with E-state index in [9.17, 15) is 14.9 Å². The van der Waals surface area contributed by atoms with E-state index in [2.05, 4.69) is 13.8 Å². The number of nitro benzene ring substituents is 1. The predicted octanol–water partition coefficient (Wildman–Crippen LogP) is 2.52. The Kier molecular flexibility index (Phi) is 7.34. The molecule has 1 aromatic carbocycles. The van der Waals surface area contributed by atoms with Crippen LogP contribution in [-0.2, 0) is 4.79 Å². The van der Waals surface area contributed by atoms with E-state index in [0.717, 1.165) is 11.3 Å². The van der Waals surface area contributed by atoms with Crippen LogP contribution in [-0.4, -0.2) is 41.1 Å². The number of non-ortho nitro benzene ring substituents is 1. The van der Waals surface area contributed by atoms with Crippen LogP contribution in [0.2, 0.25) is 0 Å². The molecule has 0 saturated heterocycles. The number of nitro groups is 1. The lowest BCUT2D eigenvalue weighted by molar-refractivity contribution is -0.384. The number of nitrogens with zero attached hydrogens (tertiary/aromatic N) is 2. The first kappa shape index (κ1) is 18.4. The Labute approximate surface area is 135 Å². The second-order valence-electron chi connectivity index (χ2n) is 5.55.